The summed E-state index contributed by atoms with van der Waals surface area (Å²) in [4.78, 5) is 22.7. The van der Waals surface area contributed by atoms with Crippen LogP contribution in [0.2, 0.25) is 0 Å². The normalized spacial score (nSPS) is 33.5. The summed E-state index contributed by atoms with van der Waals surface area (Å²) in [5, 5.41) is 9.30. The molecule has 4 nitrogen and oxygen atoms in total. The van der Waals surface area contributed by atoms with Crippen LogP contribution in [0.1, 0.15) is 20.3 Å². The summed E-state index contributed by atoms with van der Waals surface area (Å²) in [7, 11) is 1.26. The van der Waals surface area contributed by atoms with Crippen LogP contribution in [-0.2, 0) is 14.3 Å². The Morgan fingerprint density at radius 1 is 1.69 bits per heavy atom. The molecule has 0 aliphatic heterocycles. The highest BCUT2D eigenvalue weighted by molar-refractivity contribution is 5.85. The molecule has 0 aromatic carbocycles. The summed E-state index contributed by atoms with van der Waals surface area (Å²) in [5.74, 6) is -1.13. The second kappa shape index (κ2) is 4.48. The zero-order valence-electron chi connectivity index (χ0n) is 9.69. The number of carbonyl (C=O) groups is 2. The predicted octanol–water partition coefficient (Wildman–Crippen LogP) is 1.47. The lowest BCUT2D eigenvalue weighted by Crippen LogP contribution is -2.45. The zero-order valence-corrected chi connectivity index (χ0v) is 9.69. The van der Waals surface area contributed by atoms with Crippen molar-refractivity contribution < 1.29 is 14.3 Å². The van der Waals surface area contributed by atoms with Gasteiger partial charge in [-0.1, -0.05) is 19.9 Å². The number of carbonyl (C=O) groups excluding carboxylic acids is 2. The van der Waals surface area contributed by atoms with E-state index in [4.69, 9.17) is 4.74 Å². The standard InChI is InChI=1S/C12H15NO3/c1-8-4-5-10(6-14)9(2)12(8,7-13)11(15)16-3/h5-6,8-9H,4H2,1-3H3/t8-,9-,12-/m1/s1. The highest BCUT2D eigenvalue weighted by atomic mass is 16.5. The van der Waals surface area contributed by atoms with E-state index >= 15 is 0 Å². The Morgan fingerprint density at radius 3 is 2.75 bits per heavy atom. The molecule has 1 rings (SSSR count). The Balaban J connectivity index is 3.28. The van der Waals surface area contributed by atoms with Gasteiger partial charge in [0.1, 0.15) is 6.29 Å². The first-order chi connectivity index (χ1) is 7.54. The van der Waals surface area contributed by atoms with E-state index in [-0.39, 0.29) is 5.92 Å². The molecule has 3 atom stereocenters. The molecule has 0 spiro atoms. The highest BCUT2D eigenvalue weighted by Gasteiger charge is 2.52. The van der Waals surface area contributed by atoms with Gasteiger partial charge in [0.05, 0.1) is 13.2 Å². The van der Waals surface area contributed by atoms with Crippen LogP contribution in [0.3, 0.4) is 0 Å². The first-order valence-electron chi connectivity index (χ1n) is 5.19. The van der Waals surface area contributed by atoms with E-state index in [2.05, 4.69) is 6.07 Å². The molecule has 0 aromatic rings. The molecular weight excluding hydrogens is 206 g/mol. The van der Waals surface area contributed by atoms with Gasteiger partial charge in [0.2, 0.25) is 0 Å². The predicted molar refractivity (Wildman–Crippen MR) is 57.2 cm³/mol. The third-order valence-corrected chi connectivity index (χ3v) is 3.51. The van der Waals surface area contributed by atoms with Crippen LogP contribution < -0.4 is 0 Å². The molecule has 0 unspecified atom stereocenters. The molecule has 0 bridgehead atoms. The summed E-state index contributed by atoms with van der Waals surface area (Å²) >= 11 is 0. The van der Waals surface area contributed by atoms with Crippen molar-refractivity contribution >= 4 is 12.3 Å². The van der Waals surface area contributed by atoms with Crippen molar-refractivity contribution in [2.45, 2.75) is 20.3 Å². The van der Waals surface area contributed by atoms with Crippen LogP contribution in [0.5, 0.6) is 0 Å². The minimum Gasteiger partial charge on any atom is -0.468 e. The third kappa shape index (κ3) is 1.53. The number of esters is 1. The number of allylic oxidation sites excluding steroid dienone is 2. The van der Waals surface area contributed by atoms with Gasteiger partial charge in [-0.2, -0.15) is 5.26 Å². The third-order valence-electron chi connectivity index (χ3n) is 3.51. The van der Waals surface area contributed by atoms with Gasteiger partial charge >= 0.3 is 5.97 Å². The summed E-state index contributed by atoms with van der Waals surface area (Å²) in [6, 6.07) is 2.06. The van der Waals surface area contributed by atoms with Gasteiger partial charge in [0.15, 0.2) is 5.41 Å². The van der Waals surface area contributed by atoms with Crippen molar-refractivity contribution in [3.63, 3.8) is 0 Å². The molecule has 0 aromatic heterocycles. The maximum Gasteiger partial charge on any atom is 0.327 e. The molecule has 0 saturated heterocycles. The van der Waals surface area contributed by atoms with Gasteiger partial charge in [-0.15, -0.1) is 0 Å². The average molecular weight is 221 g/mol. The molecule has 0 saturated carbocycles. The summed E-state index contributed by atoms with van der Waals surface area (Å²) in [5.41, 5.74) is -0.732. The minimum absolute atomic E-state index is 0.149. The van der Waals surface area contributed by atoms with Crippen molar-refractivity contribution in [1.82, 2.24) is 0 Å². The Hall–Kier alpha value is -1.63. The van der Waals surface area contributed by atoms with Crippen LogP contribution in [0, 0.1) is 28.6 Å². The highest BCUT2D eigenvalue weighted by Crippen LogP contribution is 2.45. The molecular formula is C12H15NO3. The van der Waals surface area contributed by atoms with E-state index in [0.717, 1.165) is 0 Å². The second-order valence-electron chi connectivity index (χ2n) is 4.15. The van der Waals surface area contributed by atoms with Crippen molar-refractivity contribution in [1.29, 1.82) is 5.26 Å². The molecule has 0 fully saturated rings. The van der Waals surface area contributed by atoms with E-state index in [1.807, 2.05) is 6.92 Å². The lowest BCUT2D eigenvalue weighted by atomic mass is 9.62. The molecule has 0 radical (unpaired) electrons. The van der Waals surface area contributed by atoms with E-state index < -0.39 is 17.3 Å². The second-order valence-corrected chi connectivity index (χ2v) is 4.15. The Kier molecular flexibility index (Phi) is 3.48. The van der Waals surface area contributed by atoms with Gasteiger partial charge in [-0.25, -0.2) is 0 Å². The SMILES string of the molecule is COC(=O)[C@]1(C#N)[C@H](C)CC=C(C=O)[C@H]1C. The zero-order chi connectivity index (χ0) is 12.3. The molecule has 1 aliphatic carbocycles. The lowest BCUT2D eigenvalue weighted by molar-refractivity contribution is -0.154. The first kappa shape index (κ1) is 12.4. The average Bonchev–Trinajstić information content (AvgIpc) is 2.30. The Labute approximate surface area is 94.9 Å². The van der Waals surface area contributed by atoms with Crippen molar-refractivity contribution in [3.05, 3.63) is 11.6 Å². The number of nitriles is 1. The van der Waals surface area contributed by atoms with E-state index in [9.17, 15) is 14.9 Å². The first-order valence-corrected chi connectivity index (χ1v) is 5.19. The largest absolute Gasteiger partial charge is 0.468 e. The lowest BCUT2D eigenvalue weighted by Gasteiger charge is -2.38. The minimum atomic E-state index is -1.24. The van der Waals surface area contributed by atoms with Crippen LogP contribution in [-0.4, -0.2) is 19.4 Å². The molecule has 16 heavy (non-hydrogen) atoms. The summed E-state index contributed by atoms with van der Waals surface area (Å²) in [6.45, 7) is 3.55. The number of rotatable bonds is 2. The Morgan fingerprint density at radius 2 is 2.31 bits per heavy atom. The van der Waals surface area contributed by atoms with Crippen LogP contribution >= 0.6 is 0 Å². The number of aldehydes is 1. The van der Waals surface area contributed by atoms with Gasteiger partial charge in [0.25, 0.3) is 0 Å². The Bertz CT molecular complexity index is 380. The van der Waals surface area contributed by atoms with Gasteiger partial charge in [-0.3, -0.25) is 9.59 Å². The number of ether oxygens (including phenoxy) is 1. The fraction of sp³-hybridized carbons (Fsp3) is 0.583. The van der Waals surface area contributed by atoms with Crippen LogP contribution in [0.4, 0.5) is 0 Å². The topological polar surface area (TPSA) is 67.2 Å². The van der Waals surface area contributed by atoms with Crippen molar-refractivity contribution in [2.24, 2.45) is 17.3 Å². The van der Waals surface area contributed by atoms with Gasteiger partial charge in [-0.05, 0) is 17.9 Å². The smallest absolute Gasteiger partial charge is 0.327 e. The molecule has 0 heterocycles. The molecule has 0 amide bonds. The molecule has 4 heteroatoms. The van der Waals surface area contributed by atoms with E-state index in [1.165, 1.54) is 7.11 Å². The fourth-order valence-corrected chi connectivity index (χ4v) is 2.31. The van der Waals surface area contributed by atoms with E-state index in [0.29, 0.717) is 18.3 Å². The maximum absolute atomic E-state index is 11.8. The van der Waals surface area contributed by atoms with Crippen LogP contribution in [0.25, 0.3) is 0 Å². The summed E-state index contributed by atoms with van der Waals surface area (Å²) < 4.78 is 4.71. The summed E-state index contributed by atoms with van der Waals surface area (Å²) in [6.07, 6.45) is 3.05. The monoisotopic (exact) mass is 221 g/mol. The number of nitrogens with zero attached hydrogens (tertiary/aromatic N) is 1. The fourth-order valence-electron chi connectivity index (χ4n) is 2.31. The number of methoxy groups -OCH3 is 1. The molecule has 0 N–H and O–H groups in total. The van der Waals surface area contributed by atoms with Crippen molar-refractivity contribution in [3.8, 4) is 6.07 Å². The number of hydrogen-bond donors (Lipinski definition) is 0. The van der Waals surface area contributed by atoms with Crippen LogP contribution in [0.15, 0.2) is 11.6 Å². The number of hydrogen-bond acceptors (Lipinski definition) is 4. The molecule has 1 aliphatic rings. The van der Waals surface area contributed by atoms with Gasteiger partial charge < -0.3 is 4.74 Å². The van der Waals surface area contributed by atoms with E-state index in [1.54, 1.807) is 13.0 Å². The van der Waals surface area contributed by atoms with Gasteiger partial charge in [0, 0.05) is 5.92 Å². The molecule has 86 valence electrons. The van der Waals surface area contributed by atoms with Crippen molar-refractivity contribution in [2.75, 3.05) is 7.11 Å². The maximum atomic E-state index is 11.8. The quantitative estimate of drug-likeness (QED) is 0.523.